The van der Waals surface area contributed by atoms with Crippen molar-refractivity contribution in [1.82, 2.24) is 0 Å². The maximum atomic E-state index is 12.3. The molecule has 1 aromatic heterocycles. The number of nitrogens with one attached hydrogen (secondary N) is 1. The molecule has 2 aromatic carbocycles. The minimum atomic E-state index is 0.0535. The molecule has 128 valence electrons. The van der Waals surface area contributed by atoms with Gasteiger partial charge in [0.25, 0.3) is 0 Å². The Labute approximate surface area is 148 Å². The second kappa shape index (κ2) is 7.14. The Morgan fingerprint density at radius 2 is 1.84 bits per heavy atom. The van der Waals surface area contributed by atoms with Gasteiger partial charge in [-0.15, -0.1) is 0 Å². The molecule has 1 heterocycles. The van der Waals surface area contributed by atoms with Gasteiger partial charge in [-0.25, -0.2) is 0 Å². The zero-order valence-electron chi connectivity index (χ0n) is 14.4. The summed E-state index contributed by atoms with van der Waals surface area (Å²) in [4.78, 5) is 12.3. The third-order valence-electron chi connectivity index (χ3n) is 4.97. The van der Waals surface area contributed by atoms with Crippen molar-refractivity contribution < 1.29 is 9.21 Å². The Morgan fingerprint density at radius 1 is 1.00 bits per heavy atom. The van der Waals surface area contributed by atoms with Crippen molar-refractivity contribution in [2.75, 3.05) is 5.32 Å². The first-order chi connectivity index (χ1) is 12.3. The predicted octanol–water partition coefficient (Wildman–Crippen LogP) is 5.27. The molecule has 25 heavy (non-hydrogen) atoms. The van der Waals surface area contributed by atoms with E-state index in [-0.39, 0.29) is 5.91 Å². The Morgan fingerprint density at radius 3 is 2.72 bits per heavy atom. The highest BCUT2D eigenvalue weighted by molar-refractivity contribution is 5.94. The molecular weight excluding hydrogens is 310 g/mol. The molecule has 0 saturated carbocycles. The Balaban J connectivity index is 1.47. The van der Waals surface area contributed by atoms with E-state index in [9.17, 15) is 4.79 Å². The van der Waals surface area contributed by atoms with Crippen molar-refractivity contribution >= 4 is 22.6 Å². The zero-order valence-corrected chi connectivity index (χ0v) is 14.4. The summed E-state index contributed by atoms with van der Waals surface area (Å²) in [5, 5.41) is 4.20. The molecular formula is C22H23NO2. The minimum Gasteiger partial charge on any atom is -0.461 e. The molecule has 3 aromatic rings. The standard InChI is InChI=1S/C22H23NO2/c24-22(14-11-16-7-3-1-4-8-16)23-17-12-13-21-19(15-17)18-9-5-2-6-10-20(18)25-21/h1,3-4,7-8,12-13,15H,2,5-6,9-11,14H2,(H,23,24). The molecule has 0 fully saturated rings. The van der Waals surface area contributed by atoms with Gasteiger partial charge in [-0.05, 0) is 49.4 Å². The Hall–Kier alpha value is -2.55. The van der Waals surface area contributed by atoms with Gasteiger partial charge in [-0.1, -0.05) is 36.8 Å². The lowest BCUT2D eigenvalue weighted by molar-refractivity contribution is -0.116. The van der Waals surface area contributed by atoms with E-state index in [1.807, 2.05) is 30.3 Å². The lowest BCUT2D eigenvalue weighted by Crippen LogP contribution is -2.12. The number of amides is 1. The molecule has 0 aliphatic heterocycles. The van der Waals surface area contributed by atoms with Crippen LogP contribution < -0.4 is 5.32 Å². The van der Waals surface area contributed by atoms with E-state index in [1.165, 1.54) is 30.4 Å². The van der Waals surface area contributed by atoms with Crippen LogP contribution in [-0.2, 0) is 24.1 Å². The molecule has 0 spiro atoms. The summed E-state index contributed by atoms with van der Waals surface area (Å²) in [5.74, 6) is 1.19. The maximum Gasteiger partial charge on any atom is 0.224 e. The number of carbonyl (C=O) groups is 1. The molecule has 3 heteroatoms. The van der Waals surface area contributed by atoms with Gasteiger partial charge in [-0.2, -0.15) is 0 Å². The van der Waals surface area contributed by atoms with Crippen molar-refractivity contribution in [1.29, 1.82) is 0 Å². The van der Waals surface area contributed by atoms with Gasteiger partial charge in [0.05, 0.1) is 0 Å². The maximum absolute atomic E-state index is 12.3. The molecule has 1 N–H and O–H groups in total. The van der Waals surface area contributed by atoms with Gasteiger partial charge >= 0.3 is 0 Å². The molecule has 1 aliphatic carbocycles. The first-order valence-corrected chi connectivity index (χ1v) is 9.18. The van der Waals surface area contributed by atoms with Crippen LogP contribution >= 0.6 is 0 Å². The number of anilines is 1. The summed E-state index contributed by atoms with van der Waals surface area (Å²) >= 11 is 0. The fourth-order valence-electron chi connectivity index (χ4n) is 3.64. The van der Waals surface area contributed by atoms with E-state index in [4.69, 9.17) is 4.42 Å². The van der Waals surface area contributed by atoms with Crippen molar-refractivity contribution in [3.63, 3.8) is 0 Å². The van der Waals surface area contributed by atoms with Crippen LogP contribution in [0.2, 0.25) is 0 Å². The van der Waals surface area contributed by atoms with Crippen LogP contribution in [0.15, 0.2) is 52.9 Å². The van der Waals surface area contributed by atoms with E-state index >= 15 is 0 Å². The number of hydrogen-bond acceptors (Lipinski definition) is 2. The summed E-state index contributed by atoms with van der Waals surface area (Å²) in [5.41, 5.74) is 4.33. The minimum absolute atomic E-state index is 0.0535. The Kier molecular flexibility index (Phi) is 4.55. The van der Waals surface area contributed by atoms with E-state index < -0.39 is 0 Å². The van der Waals surface area contributed by atoms with E-state index in [0.29, 0.717) is 6.42 Å². The molecule has 4 rings (SSSR count). The second-order valence-corrected chi connectivity index (χ2v) is 6.81. The predicted molar refractivity (Wildman–Crippen MR) is 101 cm³/mol. The average Bonchev–Trinajstić information content (AvgIpc) is 2.82. The second-order valence-electron chi connectivity index (χ2n) is 6.81. The number of carbonyl (C=O) groups excluding carboxylic acids is 1. The summed E-state index contributed by atoms with van der Waals surface area (Å²) in [6, 6.07) is 16.1. The number of hydrogen-bond donors (Lipinski definition) is 1. The van der Waals surface area contributed by atoms with Gasteiger partial charge in [0.15, 0.2) is 0 Å². The topological polar surface area (TPSA) is 42.2 Å². The first kappa shape index (κ1) is 15.9. The molecule has 1 amide bonds. The molecule has 0 bridgehead atoms. The van der Waals surface area contributed by atoms with Crippen molar-refractivity contribution in [3.8, 4) is 0 Å². The highest BCUT2D eigenvalue weighted by Gasteiger charge is 2.17. The van der Waals surface area contributed by atoms with Crippen LogP contribution in [0, 0.1) is 0 Å². The third-order valence-corrected chi connectivity index (χ3v) is 4.97. The van der Waals surface area contributed by atoms with Crippen LogP contribution in [0.3, 0.4) is 0 Å². The van der Waals surface area contributed by atoms with Gasteiger partial charge in [0.1, 0.15) is 11.3 Å². The normalized spacial score (nSPS) is 14.1. The monoisotopic (exact) mass is 333 g/mol. The van der Waals surface area contributed by atoms with E-state index in [0.717, 1.165) is 41.7 Å². The number of rotatable bonds is 4. The smallest absolute Gasteiger partial charge is 0.224 e. The lowest BCUT2D eigenvalue weighted by Gasteiger charge is -2.06. The highest BCUT2D eigenvalue weighted by Crippen LogP contribution is 2.32. The number of fused-ring (bicyclic) bond motifs is 3. The van der Waals surface area contributed by atoms with Crippen molar-refractivity contribution in [2.45, 2.75) is 44.9 Å². The average molecular weight is 333 g/mol. The van der Waals surface area contributed by atoms with Crippen LogP contribution in [0.5, 0.6) is 0 Å². The summed E-state index contributed by atoms with van der Waals surface area (Å²) in [6.45, 7) is 0. The van der Waals surface area contributed by atoms with Gasteiger partial charge in [0, 0.05) is 29.5 Å². The molecule has 1 aliphatic rings. The van der Waals surface area contributed by atoms with E-state index in [1.54, 1.807) is 0 Å². The quantitative estimate of drug-likeness (QED) is 0.661. The summed E-state index contributed by atoms with van der Waals surface area (Å²) in [6.07, 6.45) is 7.05. The molecule has 0 atom stereocenters. The molecule has 3 nitrogen and oxygen atoms in total. The number of benzene rings is 2. The Bertz CT molecular complexity index is 880. The first-order valence-electron chi connectivity index (χ1n) is 9.18. The largest absolute Gasteiger partial charge is 0.461 e. The fraction of sp³-hybridized carbons (Fsp3) is 0.318. The van der Waals surface area contributed by atoms with Crippen molar-refractivity contribution in [3.05, 3.63) is 65.4 Å². The molecule has 0 radical (unpaired) electrons. The van der Waals surface area contributed by atoms with E-state index in [2.05, 4.69) is 23.5 Å². The zero-order chi connectivity index (χ0) is 17.1. The van der Waals surface area contributed by atoms with Gasteiger partial charge in [0.2, 0.25) is 5.91 Å². The number of aryl methyl sites for hydroxylation is 3. The SMILES string of the molecule is O=C(CCc1ccccc1)Nc1ccc2oc3c(c2c1)CCCCC3. The summed E-state index contributed by atoms with van der Waals surface area (Å²) in [7, 11) is 0. The van der Waals surface area contributed by atoms with Crippen LogP contribution in [0.25, 0.3) is 11.0 Å². The molecule has 0 saturated heterocycles. The third kappa shape index (κ3) is 3.60. The van der Waals surface area contributed by atoms with Gasteiger partial charge < -0.3 is 9.73 Å². The fourth-order valence-corrected chi connectivity index (χ4v) is 3.64. The van der Waals surface area contributed by atoms with Crippen molar-refractivity contribution in [2.24, 2.45) is 0 Å². The van der Waals surface area contributed by atoms with Crippen LogP contribution in [-0.4, -0.2) is 5.91 Å². The molecule has 0 unspecified atom stereocenters. The van der Waals surface area contributed by atoms with Crippen LogP contribution in [0.1, 0.15) is 42.6 Å². The highest BCUT2D eigenvalue weighted by atomic mass is 16.3. The summed E-state index contributed by atoms with van der Waals surface area (Å²) < 4.78 is 6.02. The van der Waals surface area contributed by atoms with Crippen LogP contribution in [0.4, 0.5) is 5.69 Å². The number of furan rings is 1. The van der Waals surface area contributed by atoms with Gasteiger partial charge in [-0.3, -0.25) is 4.79 Å². The lowest BCUT2D eigenvalue weighted by atomic mass is 10.1.